The van der Waals surface area contributed by atoms with Crippen LogP contribution in [0.5, 0.6) is 0 Å². The van der Waals surface area contributed by atoms with Crippen LogP contribution in [-0.4, -0.2) is 14.5 Å². The van der Waals surface area contributed by atoms with Crippen molar-refractivity contribution in [3.05, 3.63) is 57.6 Å². The summed E-state index contributed by atoms with van der Waals surface area (Å²) in [5.74, 6) is 0. The van der Waals surface area contributed by atoms with Gasteiger partial charge < -0.3 is 4.57 Å². The molecule has 0 amide bonds. The summed E-state index contributed by atoms with van der Waals surface area (Å²) in [6, 6.07) is 5.91. The Labute approximate surface area is 127 Å². The average molecular weight is 306 g/mol. The lowest BCUT2D eigenvalue weighted by Crippen LogP contribution is -2.00. The summed E-state index contributed by atoms with van der Waals surface area (Å²) in [5.41, 5.74) is 5.51. The van der Waals surface area contributed by atoms with Crippen molar-refractivity contribution in [2.24, 2.45) is 0 Å². The molecule has 0 aliphatic carbocycles. The zero-order chi connectivity index (χ0) is 14.3. The predicted octanol–water partition coefficient (Wildman–Crippen LogP) is 4.40. The average Bonchev–Trinajstić information content (AvgIpc) is 2.76. The molecule has 0 atom stereocenters. The maximum absolute atomic E-state index is 6.20. The Balaban J connectivity index is 2.04. The number of hydrogen-bond acceptors (Lipinski definition) is 2. The molecule has 20 heavy (non-hydrogen) atoms. The quantitative estimate of drug-likeness (QED) is 0.657. The van der Waals surface area contributed by atoms with Gasteiger partial charge in [0, 0.05) is 11.8 Å². The molecule has 3 nitrogen and oxygen atoms in total. The Kier molecular flexibility index (Phi) is 3.40. The van der Waals surface area contributed by atoms with Crippen LogP contribution >= 0.6 is 23.2 Å². The van der Waals surface area contributed by atoms with Crippen molar-refractivity contribution >= 4 is 34.2 Å². The number of imidazole rings is 1. The predicted molar refractivity (Wildman–Crippen MR) is 82.6 cm³/mol. The fourth-order valence-corrected chi connectivity index (χ4v) is 2.60. The first kappa shape index (κ1) is 13.4. The fourth-order valence-electron chi connectivity index (χ4n) is 2.17. The molecule has 0 fully saturated rings. The molecule has 2 heterocycles. The summed E-state index contributed by atoms with van der Waals surface area (Å²) in [6.45, 7) is 4.82. The van der Waals surface area contributed by atoms with Crippen LogP contribution < -0.4 is 0 Å². The Morgan fingerprint density at radius 3 is 2.55 bits per heavy atom. The zero-order valence-corrected chi connectivity index (χ0v) is 12.7. The normalized spacial score (nSPS) is 11.2. The van der Waals surface area contributed by atoms with E-state index in [1.807, 2.05) is 6.33 Å². The van der Waals surface area contributed by atoms with E-state index in [0.717, 1.165) is 16.6 Å². The van der Waals surface area contributed by atoms with Gasteiger partial charge in [-0.05, 0) is 43.2 Å². The minimum Gasteiger partial charge on any atom is -0.326 e. The maximum Gasteiger partial charge on any atom is 0.130 e. The van der Waals surface area contributed by atoms with Crippen molar-refractivity contribution in [1.29, 1.82) is 0 Å². The Bertz CT molecular complexity index is 793. The highest BCUT2D eigenvalue weighted by Gasteiger charge is 2.08. The van der Waals surface area contributed by atoms with Gasteiger partial charge in [-0.2, -0.15) is 0 Å². The van der Waals surface area contributed by atoms with Gasteiger partial charge in [-0.15, -0.1) is 0 Å². The third kappa shape index (κ3) is 2.39. The molecular weight excluding hydrogens is 293 g/mol. The number of aromatic nitrogens is 3. The highest BCUT2D eigenvalue weighted by atomic mass is 35.5. The number of aryl methyl sites for hydroxylation is 2. The maximum atomic E-state index is 6.20. The van der Waals surface area contributed by atoms with E-state index in [0.29, 0.717) is 16.7 Å². The fraction of sp³-hybridized carbons (Fsp3) is 0.200. The molecule has 0 spiro atoms. The van der Waals surface area contributed by atoms with E-state index in [1.54, 1.807) is 12.3 Å². The molecule has 0 N–H and O–H groups in total. The SMILES string of the molecule is Cc1cc2ncn(Cc3cnc(Cl)cc3Cl)c2cc1C. The molecule has 3 rings (SSSR count). The van der Waals surface area contributed by atoms with Gasteiger partial charge in [-0.1, -0.05) is 23.2 Å². The van der Waals surface area contributed by atoms with E-state index in [4.69, 9.17) is 23.2 Å². The lowest BCUT2D eigenvalue weighted by molar-refractivity contribution is 0.819. The zero-order valence-electron chi connectivity index (χ0n) is 11.2. The third-order valence-corrected chi connectivity index (χ3v) is 4.03. The van der Waals surface area contributed by atoms with Gasteiger partial charge in [0.25, 0.3) is 0 Å². The second-order valence-electron chi connectivity index (χ2n) is 4.90. The molecule has 2 aromatic heterocycles. The van der Waals surface area contributed by atoms with Crippen LogP contribution in [0.25, 0.3) is 11.0 Å². The second-order valence-corrected chi connectivity index (χ2v) is 5.69. The monoisotopic (exact) mass is 305 g/mol. The largest absolute Gasteiger partial charge is 0.326 e. The van der Waals surface area contributed by atoms with Gasteiger partial charge in [-0.3, -0.25) is 0 Å². The topological polar surface area (TPSA) is 30.7 Å². The van der Waals surface area contributed by atoms with Crippen LogP contribution in [0.4, 0.5) is 0 Å². The number of fused-ring (bicyclic) bond motifs is 1. The molecular formula is C15H13Cl2N3. The lowest BCUT2D eigenvalue weighted by Gasteiger charge is -2.07. The van der Waals surface area contributed by atoms with Gasteiger partial charge in [0.05, 0.1) is 28.9 Å². The number of nitrogens with zero attached hydrogens (tertiary/aromatic N) is 3. The molecule has 0 unspecified atom stereocenters. The van der Waals surface area contributed by atoms with Crippen LogP contribution in [-0.2, 0) is 6.54 Å². The molecule has 102 valence electrons. The molecule has 3 aromatic rings. The number of halogens is 2. The summed E-state index contributed by atoms with van der Waals surface area (Å²) in [5, 5.41) is 1.02. The molecule has 0 saturated heterocycles. The van der Waals surface area contributed by atoms with Crippen LogP contribution in [0.2, 0.25) is 10.2 Å². The smallest absolute Gasteiger partial charge is 0.130 e. The molecule has 0 aliphatic rings. The van der Waals surface area contributed by atoms with Crippen LogP contribution in [0.1, 0.15) is 16.7 Å². The molecule has 0 radical (unpaired) electrons. The Morgan fingerprint density at radius 2 is 1.80 bits per heavy atom. The van der Waals surface area contributed by atoms with Crippen molar-refractivity contribution < 1.29 is 0 Å². The van der Waals surface area contributed by atoms with Crippen molar-refractivity contribution in [3.8, 4) is 0 Å². The molecule has 0 saturated carbocycles. The number of rotatable bonds is 2. The van der Waals surface area contributed by atoms with Gasteiger partial charge >= 0.3 is 0 Å². The summed E-state index contributed by atoms with van der Waals surface area (Å²) in [6.07, 6.45) is 3.53. The number of pyridine rings is 1. The Morgan fingerprint density at radius 1 is 1.05 bits per heavy atom. The second kappa shape index (κ2) is 5.08. The summed E-state index contributed by atoms with van der Waals surface area (Å²) in [4.78, 5) is 8.52. The van der Waals surface area contributed by atoms with E-state index in [-0.39, 0.29) is 0 Å². The van der Waals surface area contributed by atoms with Crippen LogP contribution in [0.15, 0.2) is 30.7 Å². The van der Waals surface area contributed by atoms with Gasteiger partial charge in [0.2, 0.25) is 0 Å². The first-order valence-corrected chi connectivity index (χ1v) is 7.02. The summed E-state index contributed by atoms with van der Waals surface area (Å²) >= 11 is 12.0. The van der Waals surface area contributed by atoms with E-state index in [1.165, 1.54) is 11.1 Å². The van der Waals surface area contributed by atoms with Gasteiger partial charge in [0.15, 0.2) is 0 Å². The first-order valence-electron chi connectivity index (χ1n) is 6.26. The van der Waals surface area contributed by atoms with E-state index < -0.39 is 0 Å². The van der Waals surface area contributed by atoms with E-state index >= 15 is 0 Å². The third-order valence-electron chi connectivity index (χ3n) is 3.47. The highest BCUT2D eigenvalue weighted by Crippen LogP contribution is 2.23. The van der Waals surface area contributed by atoms with Crippen LogP contribution in [0, 0.1) is 13.8 Å². The van der Waals surface area contributed by atoms with Crippen molar-refractivity contribution in [1.82, 2.24) is 14.5 Å². The van der Waals surface area contributed by atoms with Crippen molar-refractivity contribution in [2.45, 2.75) is 20.4 Å². The van der Waals surface area contributed by atoms with Crippen LogP contribution in [0.3, 0.4) is 0 Å². The summed E-state index contributed by atoms with van der Waals surface area (Å²) in [7, 11) is 0. The molecule has 0 bridgehead atoms. The van der Waals surface area contributed by atoms with Crippen molar-refractivity contribution in [2.75, 3.05) is 0 Å². The minimum atomic E-state index is 0.403. The minimum absolute atomic E-state index is 0.403. The first-order chi connectivity index (χ1) is 9.54. The van der Waals surface area contributed by atoms with E-state index in [2.05, 4.69) is 40.5 Å². The standard InChI is InChI=1S/C15H13Cl2N3/c1-9-3-13-14(4-10(9)2)20(8-19-13)7-11-6-18-15(17)5-12(11)16/h3-6,8H,7H2,1-2H3. The van der Waals surface area contributed by atoms with Gasteiger partial charge in [0.1, 0.15) is 5.15 Å². The number of hydrogen-bond donors (Lipinski definition) is 0. The molecule has 0 aliphatic heterocycles. The molecule has 1 aromatic carbocycles. The van der Waals surface area contributed by atoms with Gasteiger partial charge in [-0.25, -0.2) is 9.97 Å². The lowest BCUT2D eigenvalue weighted by atomic mass is 10.1. The molecule has 5 heteroatoms. The summed E-state index contributed by atoms with van der Waals surface area (Å²) < 4.78 is 2.07. The highest BCUT2D eigenvalue weighted by molar-refractivity contribution is 6.34. The van der Waals surface area contributed by atoms with Crippen molar-refractivity contribution in [3.63, 3.8) is 0 Å². The Hall–Kier alpha value is -1.58. The number of benzene rings is 1. The van der Waals surface area contributed by atoms with E-state index in [9.17, 15) is 0 Å².